The molecule has 7 heteroatoms. The van der Waals surface area contributed by atoms with Crippen molar-refractivity contribution in [3.05, 3.63) is 40.6 Å². The molecule has 164 valence electrons. The molecular formula is C24H30N4O3. The lowest BCUT2D eigenvalue weighted by Gasteiger charge is -2.27. The standard InChI is InChI=1S/C24H30N4O3/c1-16-17(2)28(19-7-5-4-6-8-19)24(20(16)12-25)26-23(29)14-27(3)13-18-9-10-21-22(11-18)31-15-30-21/h9-11,19H,4-8,13-15H2,1-3H3,(H,26,29). The molecule has 1 N–H and O–H groups in total. The highest BCUT2D eigenvalue weighted by Gasteiger charge is 2.26. The highest BCUT2D eigenvalue weighted by atomic mass is 16.7. The molecule has 1 aliphatic carbocycles. The van der Waals surface area contributed by atoms with E-state index in [2.05, 4.69) is 16.0 Å². The number of hydrogen-bond acceptors (Lipinski definition) is 5. The van der Waals surface area contributed by atoms with Crippen LogP contribution in [0.15, 0.2) is 18.2 Å². The number of ether oxygens (including phenoxy) is 2. The lowest BCUT2D eigenvalue weighted by Crippen LogP contribution is -2.31. The Morgan fingerprint density at radius 2 is 1.97 bits per heavy atom. The summed E-state index contributed by atoms with van der Waals surface area (Å²) < 4.78 is 13.0. The number of fused-ring (bicyclic) bond motifs is 1. The Morgan fingerprint density at radius 3 is 2.71 bits per heavy atom. The van der Waals surface area contributed by atoms with Crippen molar-refractivity contribution >= 4 is 11.7 Å². The van der Waals surface area contributed by atoms with Gasteiger partial charge in [0.1, 0.15) is 11.9 Å². The average molecular weight is 423 g/mol. The van der Waals surface area contributed by atoms with Crippen molar-refractivity contribution in [2.24, 2.45) is 0 Å². The van der Waals surface area contributed by atoms with E-state index >= 15 is 0 Å². The van der Waals surface area contributed by atoms with E-state index in [1.54, 1.807) is 0 Å². The van der Waals surface area contributed by atoms with Crippen molar-refractivity contribution in [2.45, 2.75) is 58.5 Å². The maximum atomic E-state index is 12.9. The van der Waals surface area contributed by atoms with E-state index in [0.717, 1.165) is 41.2 Å². The Hall–Kier alpha value is -2.98. The highest BCUT2D eigenvalue weighted by molar-refractivity contribution is 5.93. The summed E-state index contributed by atoms with van der Waals surface area (Å²) in [7, 11) is 1.91. The Bertz CT molecular complexity index is 1010. The number of hydrogen-bond donors (Lipinski definition) is 1. The smallest absolute Gasteiger partial charge is 0.239 e. The number of nitrogens with zero attached hydrogens (tertiary/aromatic N) is 3. The van der Waals surface area contributed by atoms with Crippen LogP contribution in [0.4, 0.5) is 5.82 Å². The van der Waals surface area contributed by atoms with Gasteiger partial charge in [-0.15, -0.1) is 0 Å². The van der Waals surface area contributed by atoms with E-state index in [1.807, 2.05) is 44.0 Å². The molecule has 2 heterocycles. The highest BCUT2D eigenvalue weighted by Crippen LogP contribution is 2.37. The first-order valence-electron chi connectivity index (χ1n) is 11.0. The molecule has 0 atom stereocenters. The lowest BCUT2D eigenvalue weighted by molar-refractivity contribution is -0.117. The van der Waals surface area contributed by atoms with Crippen LogP contribution in [0.2, 0.25) is 0 Å². The number of aromatic nitrogens is 1. The van der Waals surface area contributed by atoms with Crippen LogP contribution in [0.25, 0.3) is 0 Å². The third-order valence-electron chi connectivity index (χ3n) is 6.37. The topological polar surface area (TPSA) is 79.5 Å². The second kappa shape index (κ2) is 9.03. The number of benzene rings is 1. The number of likely N-dealkylation sites (N-methyl/N-ethyl adjacent to an activating group) is 1. The number of rotatable bonds is 6. The quantitative estimate of drug-likeness (QED) is 0.752. The molecule has 1 saturated carbocycles. The first kappa shape index (κ1) is 21.3. The summed E-state index contributed by atoms with van der Waals surface area (Å²) in [6.45, 7) is 5.10. The van der Waals surface area contributed by atoms with Crippen LogP contribution < -0.4 is 14.8 Å². The summed E-state index contributed by atoms with van der Waals surface area (Å²) in [6, 6.07) is 8.48. The van der Waals surface area contributed by atoms with Gasteiger partial charge in [-0.3, -0.25) is 9.69 Å². The van der Waals surface area contributed by atoms with Gasteiger partial charge >= 0.3 is 0 Å². The number of carbonyl (C=O) groups is 1. The molecule has 0 saturated heterocycles. The van der Waals surface area contributed by atoms with Crippen molar-refractivity contribution in [3.63, 3.8) is 0 Å². The van der Waals surface area contributed by atoms with E-state index in [1.165, 1.54) is 19.3 Å². The van der Waals surface area contributed by atoms with Gasteiger partial charge < -0.3 is 19.4 Å². The molecule has 2 aromatic rings. The van der Waals surface area contributed by atoms with Gasteiger partial charge in [-0.05, 0) is 57.0 Å². The summed E-state index contributed by atoms with van der Waals surface area (Å²) in [5, 5.41) is 12.8. The Morgan fingerprint density at radius 1 is 1.23 bits per heavy atom. The number of nitrogens with one attached hydrogen (secondary N) is 1. The van der Waals surface area contributed by atoms with Gasteiger partial charge in [0.25, 0.3) is 0 Å². The number of carbonyl (C=O) groups excluding carboxylic acids is 1. The van der Waals surface area contributed by atoms with Crippen molar-refractivity contribution in [1.29, 1.82) is 5.26 Å². The molecule has 1 fully saturated rings. The zero-order valence-electron chi connectivity index (χ0n) is 18.5. The maximum Gasteiger partial charge on any atom is 0.239 e. The van der Waals surface area contributed by atoms with E-state index in [9.17, 15) is 10.1 Å². The van der Waals surface area contributed by atoms with Gasteiger partial charge in [0.05, 0.1) is 12.1 Å². The number of amides is 1. The molecular weight excluding hydrogens is 392 g/mol. The molecule has 1 aromatic carbocycles. The van der Waals surface area contributed by atoms with Crippen LogP contribution in [0.1, 0.15) is 60.5 Å². The minimum Gasteiger partial charge on any atom is -0.454 e. The molecule has 1 amide bonds. The molecule has 1 aromatic heterocycles. The number of nitriles is 1. The third-order valence-corrected chi connectivity index (χ3v) is 6.37. The summed E-state index contributed by atoms with van der Waals surface area (Å²) in [6.07, 6.45) is 5.82. The van der Waals surface area contributed by atoms with Crippen molar-refractivity contribution in [3.8, 4) is 17.6 Å². The van der Waals surface area contributed by atoms with Crippen LogP contribution >= 0.6 is 0 Å². The zero-order valence-corrected chi connectivity index (χ0v) is 18.5. The minimum atomic E-state index is -0.116. The summed E-state index contributed by atoms with van der Waals surface area (Å²) in [4.78, 5) is 14.9. The molecule has 0 unspecified atom stereocenters. The first-order chi connectivity index (χ1) is 15.0. The first-order valence-corrected chi connectivity index (χ1v) is 11.0. The Labute approximate surface area is 183 Å². The molecule has 7 nitrogen and oxygen atoms in total. The van der Waals surface area contributed by atoms with Gasteiger partial charge in [-0.25, -0.2) is 0 Å². The SMILES string of the molecule is Cc1c(C#N)c(NC(=O)CN(C)Cc2ccc3c(c2)OCO3)n(C2CCCCC2)c1C. The summed E-state index contributed by atoms with van der Waals surface area (Å²) >= 11 is 0. The van der Waals surface area contributed by atoms with Gasteiger partial charge in [-0.1, -0.05) is 25.3 Å². The number of anilines is 1. The zero-order chi connectivity index (χ0) is 22.0. The Kier molecular flexibility index (Phi) is 6.19. The fraction of sp³-hybridized carbons (Fsp3) is 0.500. The molecule has 0 bridgehead atoms. The van der Waals surface area contributed by atoms with Gasteiger partial charge in [0.15, 0.2) is 11.5 Å². The van der Waals surface area contributed by atoms with Crippen LogP contribution in [0.5, 0.6) is 11.5 Å². The molecule has 2 aliphatic rings. The summed E-state index contributed by atoms with van der Waals surface area (Å²) in [5.41, 5.74) is 3.66. The fourth-order valence-electron chi connectivity index (χ4n) is 4.71. The second-order valence-corrected chi connectivity index (χ2v) is 8.62. The van der Waals surface area contributed by atoms with E-state index < -0.39 is 0 Å². The van der Waals surface area contributed by atoms with E-state index in [-0.39, 0.29) is 19.2 Å². The molecule has 0 spiro atoms. The van der Waals surface area contributed by atoms with Crippen LogP contribution in [0.3, 0.4) is 0 Å². The van der Waals surface area contributed by atoms with Crippen molar-refractivity contribution in [2.75, 3.05) is 25.7 Å². The average Bonchev–Trinajstić information content (AvgIpc) is 3.30. The van der Waals surface area contributed by atoms with Crippen molar-refractivity contribution < 1.29 is 14.3 Å². The monoisotopic (exact) mass is 422 g/mol. The minimum absolute atomic E-state index is 0.116. The van der Waals surface area contributed by atoms with Gasteiger partial charge in [0, 0.05) is 18.3 Å². The predicted molar refractivity (Wildman–Crippen MR) is 118 cm³/mol. The normalized spacial score (nSPS) is 15.8. The molecule has 4 rings (SSSR count). The fourth-order valence-corrected chi connectivity index (χ4v) is 4.71. The molecule has 1 aliphatic heterocycles. The molecule has 0 radical (unpaired) electrons. The summed E-state index contributed by atoms with van der Waals surface area (Å²) in [5.74, 6) is 2.04. The Balaban J connectivity index is 1.46. The second-order valence-electron chi connectivity index (χ2n) is 8.62. The maximum absolute atomic E-state index is 12.9. The lowest BCUT2D eigenvalue weighted by atomic mass is 9.95. The third kappa shape index (κ3) is 4.40. The van der Waals surface area contributed by atoms with Crippen LogP contribution in [0, 0.1) is 25.2 Å². The predicted octanol–water partition coefficient (Wildman–Crippen LogP) is 4.28. The van der Waals surface area contributed by atoms with Gasteiger partial charge in [-0.2, -0.15) is 5.26 Å². The van der Waals surface area contributed by atoms with Crippen LogP contribution in [-0.4, -0.2) is 35.8 Å². The van der Waals surface area contributed by atoms with Gasteiger partial charge in [0.2, 0.25) is 12.7 Å². The molecule has 31 heavy (non-hydrogen) atoms. The van der Waals surface area contributed by atoms with Crippen LogP contribution in [-0.2, 0) is 11.3 Å². The van der Waals surface area contributed by atoms with E-state index in [4.69, 9.17) is 9.47 Å². The van der Waals surface area contributed by atoms with E-state index in [0.29, 0.717) is 24.0 Å². The van der Waals surface area contributed by atoms with Crippen molar-refractivity contribution in [1.82, 2.24) is 9.47 Å². The largest absolute Gasteiger partial charge is 0.454 e.